The van der Waals surface area contributed by atoms with Gasteiger partial charge in [-0.05, 0) is 0 Å². The molecule has 0 fully saturated rings. The van der Waals surface area contributed by atoms with Crippen LogP contribution < -0.4 is 5.73 Å². The average Bonchev–Trinajstić information content (AvgIpc) is 2.97. The van der Waals surface area contributed by atoms with Gasteiger partial charge in [0, 0.05) is 18.3 Å². The van der Waals surface area contributed by atoms with Gasteiger partial charge in [-0.15, -0.1) is 5.10 Å². The number of nitrogens with zero attached hydrogens (tertiary/aromatic N) is 6. The van der Waals surface area contributed by atoms with Crippen LogP contribution in [0, 0.1) is 0 Å². The molecule has 0 spiro atoms. The summed E-state index contributed by atoms with van der Waals surface area (Å²) in [5, 5.41) is 8.17. The summed E-state index contributed by atoms with van der Waals surface area (Å²) in [6.07, 6.45) is 4.98. The van der Waals surface area contributed by atoms with Gasteiger partial charge >= 0.3 is 0 Å². The Morgan fingerprint density at radius 3 is 3.00 bits per heavy atom. The first-order chi connectivity index (χ1) is 8.24. The van der Waals surface area contributed by atoms with Crippen molar-refractivity contribution in [2.24, 2.45) is 5.73 Å². The van der Waals surface area contributed by atoms with Gasteiger partial charge in [0.25, 0.3) is 0 Å². The zero-order valence-electron chi connectivity index (χ0n) is 8.56. The molecule has 3 aromatic heterocycles. The Balaban J connectivity index is 2.09. The standard InChI is InChI=1S/C9H7N7S/c10-8(17)9-11-5-16(14-9)7-2-4-15-6(13-7)1-3-12-15/h1-5H,(H2,10,17). The summed E-state index contributed by atoms with van der Waals surface area (Å²) in [4.78, 5) is 8.50. The molecule has 0 aromatic carbocycles. The number of rotatable bonds is 2. The van der Waals surface area contributed by atoms with E-state index >= 15 is 0 Å². The Hall–Kier alpha value is -2.35. The highest BCUT2D eigenvalue weighted by Gasteiger charge is 2.06. The third kappa shape index (κ3) is 1.64. The molecule has 3 heterocycles. The molecule has 0 aliphatic rings. The van der Waals surface area contributed by atoms with Gasteiger partial charge in [0.2, 0.25) is 5.82 Å². The first-order valence-electron chi connectivity index (χ1n) is 4.76. The number of hydrogen-bond acceptors (Lipinski definition) is 5. The number of aromatic nitrogens is 6. The van der Waals surface area contributed by atoms with Crippen LogP contribution in [0.4, 0.5) is 0 Å². The fourth-order valence-corrected chi connectivity index (χ4v) is 1.51. The van der Waals surface area contributed by atoms with E-state index in [1.165, 1.54) is 11.0 Å². The number of fused-ring (bicyclic) bond motifs is 1. The Morgan fingerprint density at radius 2 is 2.24 bits per heavy atom. The molecule has 0 radical (unpaired) electrons. The van der Waals surface area contributed by atoms with E-state index in [-0.39, 0.29) is 4.99 Å². The molecule has 0 bridgehead atoms. The Morgan fingerprint density at radius 1 is 1.35 bits per heavy atom. The smallest absolute Gasteiger partial charge is 0.208 e. The van der Waals surface area contributed by atoms with Crippen LogP contribution in [0.15, 0.2) is 30.9 Å². The maximum absolute atomic E-state index is 5.44. The fourth-order valence-electron chi connectivity index (χ4n) is 1.42. The van der Waals surface area contributed by atoms with Gasteiger partial charge in [0.15, 0.2) is 11.5 Å². The summed E-state index contributed by atoms with van der Waals surface area (Å²) in [7, 11) is 0. The predicted octanol–water partition coefficient (Wildman–Crippen LogP) is -0.0558. The molecule has 0 saturated carbocycles. The van der Waals surface area contributed by atoms with Gasteiger partial charge in [0.05, 0.1) is 6.20 Å². The molecule has 8 heteroatoms. The molecule has 0 amide bonds. The first kappa shape index (κ1) is 9.85. The molecule has 0 aliphatic heterocycles. The Bertz CT molecular complexity index is 698. The zero-order valence-corrected chi connectivity index (χ0v) is 9.37. The molecule has 0 unspecified atom stereocenters. The van der Waals surface area contributed by atoms with Crippen molar-refractivity contribution in [1.29, 1.82) is 0 Å². The van der Waals surface area contributed by atoms with Gasteiger partial charge in [-0.25, -0.2) is 19.2 Å². The quantitative estimate of drug-likeness (QED) is 0.637. The summed E-state index contributed by atoms with van der Waals surface area (Å²) in [5.74, 6) is 0.961. The molecule has 3 aromatic rings. The number of hydrogen-bond donors (Lipinski definition) is 1. The van der Waals surface area contributed by atoms with Gasteiger partial charge in [-0.2, -0.15) is 5.10 Å². The van der Waals surface area contributed by atoms with Crippen LogP contribution in [0.25, 0.3) is 11.5 Å². The number of nitrogens with two attached hydrogens (primary N) is 1. The highest BCUT2D eigenvalue weighted by atomic mass is 32.1. The van der Waals surface area contributed by atoms with E-state index in [1.807, 2.05) is 0 Å². The highest BCUT2D eigenvalue weighted by molar-refractivity contribution is 7.80. The second-order valence-electron chi connectivity index (χ2n) is 3.30. The Labute approximate surface area is 101 Å². The minimum Gasteiger partial charge on any atom is -0.387 e. The average molecular weight is 245 g/mol. The van der Waals surface area contributed by atoms with Crippen LogP contribution in [-0.2, 0) is 0 Å². The maximum Gasteiger partial charge on any atom is 0.208 e. The van der Waals surface area contributed by atoms with Crippen LogP contribution in [0.5, 0.6) is 0 Å². The van der Waals surface area contributed by atoms with Crippen LogP contribution in [-0.4, -0.2) is 34.4 Å². The Kier molecular flexibility index (Phi) is 2.08. The number of thiocarbonyl (C=S) groups is 1. The van der Waals surface area contributed by atoms with Gasteiger partial charge < -0.3 is 5.73 Å². The fraction of sp³-hybridized carbons (Fsp3) is 0. The van der Waals surface area contributed by atoms with Crippen LogP contribution in [0.2, 0.25) is 0 Å². The summed E-state index contributed by atoms with van der Waals surface area (Å²) >= 11 is 4.79. The summed E-state index contributed by atoms with van der Waals surface area (Å²) < 4.78 is 3.18. The van der Waals surface area contributed by atoms with Crippen molar-refractivity contribution >= 4 is 22.9 Å². The normalized spacial score (nSPS) is 10.8. The zero-order chi connectivity index (χ0) is 11.8. The molecule has 3 rings (SSSR count). The summed E-state index contributed by atoms with van der Waals surface area (Å²) in [6.45, 7) is 0. The van der Waals surface area contributed by atoms with Gasteiger partial charge in [-0.3, -0.25) is 0 Å². The van der Waals surface area contributed by atoms with Gasteiger partial charge in [-0.1, -0.05) is 12.2 Å². The lowest BCUT2D eigenvalue weighted by molar-refractivity contribution is 0.828. The summed E-state index contributed by atoms with van der Waals surface area (Å²) in [6, 6.07) is 3.58. The highest BCUT2D eigenvalue weighted by Crippen LogP contribution is 2.05. The molecule has 84 valence electrons. The van der Waals surface area contributed by atoms with Crippen molar-refractivity contribution in [2.75, 3.05) is 0 Å². The van der Waals surface area contributed by atoms with E-state index in [0.717, 1.165) is 5.65 Å². The van der Waals surface area contributed by atoms with Crippen molar-refractivity contribution in [2.45, 2.75) is 0 Å². The first-order valence-corrected chi connectivity index (χ1v) is 5.17. The van der Waals surface area contributed by atoms with Crippen molar-refractivity contribution in [3.8, 4) is 5.82 Å². The SMILES string of the molecule is NC(=S)c1ncn(-c2ccn3nccc3n2)n1. The molecular formula is C9H7N7S. The van der Waals surface area contributed by atoms with E-state index in [0.29, 0.717) is 11.6 Å². The minimum atomic E-state index is 0.161. The molecule has 0 aliphatic carbocycles. The molecule has 7 nitrogen and oxygen atoms in total. The largest absolute Gasteiger partial charge is 0.387 e. The van der Waals surface area contributed by atoms with Crippen molar-refractivity contribution < 1.29 is 0 Å². The van der Waals surface area contributed by atoms with Gasteiger partial charge in [0.1, 0.15) is 11.3 Å². The van der Waals surface area contributed by atoms with Crippen molar-refractivity contribution in [1.82, 2.24) is 29.4 Å². The molecule has 0 saturated heterocycles. The maximum atomic E-state index is 5.44. The molecular weight excluding hydrogens is 238 g/mol. The minimum absolute atomic E-state index is 0.161. The van der Waals surface area contributed by atoms with E-state index in [1.54, 1.807) is 29.0 Å². The van der Waals surface area contributed by atoms with Crippen LogP contribution >= 0.6 is 12.2 Å². The van der Waals surface area contributed by atoms with E-state index in [4.69, 9.17) is 18.0 Å². The monoisotopic (exact) mass is 245 g/mol. The summed E-state index contributed by atoms with van der Waals surface area (Å²) in [5.41, 5.74) is 6.17. The van der Waals surface area contributed by atoms with Crippen molar-refractivity contribution in [3.63, 3.8) is 0 Å². The topological polar surface area (TPSA) is 86.9 Å². The lowest BCUT2D eigenvalue weighted by Gasteiger charge is -1.99. The third-order valence-corrected chi connectivity index (χ3v) is 2.37. The predicted molar refractivity (Wildman–Crippen MR) is 63.8 cm³/mol. The second kappa shape index (κ2) is 3.59. The molecule has 2 N–H and O–H groups in total. The van der Waals surface area contributed by atoms with Crippen LogP contribution in [0.3, 0.4) is 0 Å². The van der Waals surface area contributed by atoms with Crippen molar-refractivity contribution in [3.05, 3.63) is 36.7 Å². The van der Waals surface area contributed by atoms with E-state index in [2.05, 4.69) is 20.2 Å². The van der Waals surface area contributed by atoms with E-state index < -0.39 is 0 Å². The lowest BCUT2D eigenvalue weighted by atomic mass is 10.5. The molecule has 17 heavy (non-hydrogen) atoms. The molecule has 0 atom stereocenters. The second-order valence-corrected chi connectivity index (χ2v) is 3.74. The lowest BCUT2D eigenvalue weighted by Crippen LogP contribution is -2.12. The third-order valence-electron chi connectivity index (χ3n) is 2.19. The van der Waals surface area contributed by atoms with Crippen LogP contribution in [0.1, 0.15) is 5.82 Å². The van der Waals surface area contributed by atoms with E-state index in [9.17, 15) is 0 Å².